The van der Waals surface area contributed by atoms with E-state index in [-0.39, 0.29) is 5.75 Å². The molecule has 0 aromatic heterocycles. The number of carboxylic acid groups (broad SMARTS) is 1. The minimum absolute atomic E-state index is 0.258. The van der Waals surface area contributed by atoms with Crippen LogP contribution in [0.25, 0.3) is 11.1 Å². The van der Waals surface area contributed by atoms with Gasteiger partial charge in [-0.2, -0.15) is 0 Å². The van der Waals surface area contributed by atoms with Gasteiger partial charge in [-0.15, -0.1) is 0 Å². The number of aliphatic hydroxyl groups is 1. The van der Waals surface area contributed by atoms with E-state index >= 15 is 0 Å². The molecule has 6 nitrogen and oxygen atoms in total. The first-order valence-electron chi connectivity index (χ1n) is 9.39. The minimum atomic E-state index is -1.35. The van der Waals surface area contributed by atoms with Crippen LogP contribution in [-0.2, 0) is 0 Å². The molecule has 3 aromatic carbocycles. The summed E-state index contributed by atoms with van der Waals surface area (Å²) in [6, 6.07) is 21.5. The number of ether oxygens (including phenoxy) is 2. The number of nitrogens with one attached hydrogen (secondary N) is 1. The van der Waals surface area contributed by atoms with E-state index in [1.807, 2.05) is 36.4 Å². The number of hydrogen-bond acceptors (Lipinski definition) is 5. The Kier molecular flexibility index (Phi) is 7.68. The third kappa shape index (κ3) is 6.49. The lowest BCUT2D eigenvalue weighted by molar-refractivity contribution is 0.144. The Morgan fingerprint density at radius 2 is 1.63 bits per heavy atom. The van der Waals surface area contributed by atoms with Gasteiger partial charge in [-0.1, -0.05) is 48.0 Å². The van der Waals surface area contributed by atoms with E-state index in [2.05, 4.69) is 5.32 Å². The molecule has 0 saturated heterocycles. The Balaban J connectivity index is 1.49. The lowest BCUT2D eigenvalue weighted by atomic mass is 10.1. The Morgan fingerprint density at radius 3 is 2.33 bits per heavy atom. The highest BCUT2D eigenvalue weighted by atomic mass is 35.5. The van der Waals surface area contributed by atoms with E-state index in [1.165, 1.54) is 0 Å². The third-order valence-corrected chi connectivity index (χ3v) is 4.56. The van der Waals surface area contributed by atoms with Crippen molar-refractivity contribution in [2.24, 2.45) is 0 Å². The van der Waals surface area contributed by atoms with Crippen LogP contribution in [0, 0.1) is 0 Å². The summed E-state index contributed by atoms with van der Waals surface area (Å²) >= 11 is 5.94. The van der Waals surface area contributed by atoms with E-state index in [0.29, 0.717) is 30.5 Å². The van der Waals surface area contributed by atoms with Crippen LogP contribution in [-0.4, -0.2) is 36.1 Å². The molecule has 0 bridgehead atoms. The number of rotatable bonds is 9. The zero-order chi connectivity index (χ0) is 21.3. The van der Waals surface area contributed by atoms with Crippen LogP contribution in [0.2, 0.25) is 5.02 Å². The Bertz CT molecular complexity index is 995. The van der Waals surface area contributed by atoms with E-state index in [0.717, 1.165) is 16.7 Å². The van der Waals surface area contributed by atoms with Gasteiger partial charge in [-0.25, -0.2) is 4.79 Å². The minimum Gasteiger partial charge on any atom is -0.492 e. The number of halogens is 1. The molecule has 1 atom stereocenters. The third-order valence-electron chi connectivity index (χ3n) is 4.33. The molecule has 30 heavy (non-hydrogen) atoms. The summed E-state index contributed by atoms with van der Waals surface area (Å²) in [5.41, 5.74) is 2.47. The van der Waals surface area contributed by atoms with Gasteiger partial charge in [-0.3, -0.25) is 0 Å². The quantitative estimate of drug-likeness (QED) is 0.259. The maximum atomic E-state index is 10.7. The SMILES string of the molecule is O=C(O)Oc1cccc(-c2cccc(OCCNC[C@H](O)c3cccc(Cl)c3)c2)c1. The fraction of sp³-hybridized carbons (Fsp3) is 0.174. The fourth-order valence-electron chi connectivity index (χ4n) is 2.92. The molecule has 0 unspecified atom stereocenters. The first-order valence-corrected chi connectivity index (χ1v) is 9.77. The molecule has 0 aliphatic rings. The molecule has 0 aliphatic carbocycles. The van der Waals surface area contributed by atoms with Gasteiger partial charge in [0.1, 0.15) is 18.1 Å². The van der Waals surface area contributed by atoms with E-state index in [9.17, 15) is 9.90 Å². The zero-order valence-electron chi connectivity index (χ0n) is 16.1. The molecular weight excluding hydrogens is 406 g/mol. The summed E-state index contributed by atoms with van der Waals surface area (Å²) in [6.45, 7) is 1.37. The first-order chi connectivity index (χ1) is 14.5. The molecule has 156 valence electrons. The summed E-state index contributed by atoms with van der Waals surface area (Å²) in [5, 5.41) is 22.7. The maximum absolute atomic E-state index is 10.7. The van der Waals surface area contributed by atoms with Crippen LogP contribution in [0.5, 0.6) is 11.5 Å². The maximum Gasteiger partial charge on any atom is 0.511 e. The standard InChI is InChI=1S/C23H22ClNO5/c24-19-7-1-6-18(12-19)22(26)15-25-10-11-29-20-8-2-4-16(13-20)17-5-3-9-21(14-17)30-23(27)28/h1-9,12-14,22,25-26H,10-11,15H2,(H,27,28)/t22-/m0/s1. The highest BCUT2D eigenvalue weighted by molar-refractivity contribution is 6.30. The molecule has 7 heteroatoms. The molecule has 0 amide bonds. The Labute approximate surface area is 179 Å². The predicted molar refractivity (Wildman–Crippen MR) is 115 cm³/mol. The predicted octanol–water partition coefficient (Wildman–Crippen LogP) is 4.77. The average Bonchev–Trinajstić information content (AvgIpc) is 2.73. The van der Waals surface area contributed by atoms with Crippen LogP contribution in [0.4, 0.5) is 4.79 Å². The summed E-state index contributed by atoms with van der Waals surface area (Å²) in [7, 11) is 0. The van der Waals surface area contributed by atoms with Gasteiger partial charge in [0.15, 0.2) is 0 Å². The van der Waals surface area contributed by atoms with Crippen molar-refractivity contribution in [3.8, 4) is 22.6 Å². The van der Waals surface area contributed by atoms with E-state index < -0.39 is 12.3 Å². The van der Waals surface area contributed by atoms with Crippen molar-refractivity contribution in [3.05, 3.63) is 83.4 Å². The van der Waals surface area contributed by atoms with Crippen molar-refractivity contribution in [2.75, 3.05) is 19.7 Å². The number of carbonyl (C=O) groups is 1. The van der Waals surface area contributed by atoms with Crippen LogP contribution in [0.3, 0.4) is 0 Å². The first kappa shape index (κ1) is 21.6. The van der Waals surface area contributed by atoms with Crippen molar-refractivity contribution < 1.29 is 24.5 Å². The van der Waals surface area contributed by atoms with Gasteiger partial charge in [0.05, 0.1) is 6.10 Å². The highest BCUT2D eigenvalue weighted by Crippen LogP contribution is 2.27. The monoisotopic (exact) mass is 427 g/mol. The normalized spacial score (nSPS) is 11.7. The summed E-state index contributed by atoms with van der Waals surface area (Å²) < 4.78 is 10.5. The van der Waals surface area contributed by atoms with Crippen LogP contribution >= 0.6 is 11.6 Å². The summed E-state index contributed by atoms with van der Waals surface area (Å²) in [5.74, 6) is 0.947. The largest absolute Gasteiger partial charge is 0.511 e. The van der Waals surface area contributed by atoms with Gasteiger partial charge in [0.2, 0.25) is 0 Å². The van der Waals surface area contributed by atoms with Crippen molar-refractivity contribution in [1.29, 1.82) is 0 Å². The molecule has 0 heterocycles. The van der Waals surface area contributed by atoms with E-state index in [4.69, 9.17) is 26.2 Å². The summed E-state index contributed by atoms with van der Waals surface area (Å²) in [4.78, 5) is 10.7. The molecule has 0 aliphatic heterocycles. The number of hydrogen-bond donors (Lipinski definition) is 3. The molecule has 3 N–H and O–H groups in total. The molecule has 0 saturated carbocycles. The Hall–Kier alpha value is -3.06. The Morgan fingerprint density at radius 1 is 0.967 bits per heavy atom. The van der Waals surface area contributed by atoms with Crippen molar-refractivity contribution in [3.63, 3.8) is 0 Å². The van der Waals surface area contributed by atoms with E-state index in [1.54, 1.807) is 36.4 Å². The smallest absolute Gasteiger partial charge is 0.492 e. The van der Waals surface area contributed by atoms with Crippen LogP contribution in [0.15, 0.2) is 72.8 Å². The lowest BCUT2D eigenvalue weighted by Crippen LogP contribution is -2.26. The van der Waals surface area contributed by atoms with Crippen LogP contribution < -0.4 is 14.8 Å². The zero-order valence-corrected chi connectivity index (χ0v) is 16.9. The van der Waals surface area contributed by atoms with Gasteiger partial charge >= 0.3 is 6.16 Å². The van der Waals surface area contributed by atoms with Gasteiger partial charge < -0.3 is 25.0 Å². The van der Waals surface area contributed by atoms with Gasteiger partial charge in [-0.05, 0) is 53.1 Å². The second kappa shape index (κ2) is 10.6. The molecule has 0 fully saturated rings. The molecule has 3 rings (SSSR count). The summed E-state index contributed by atoms with van der Waals surface area (Å²) in [6.07, 6.45) is -2.00. The lowest BCUT2D eigenvalue weighted by Gasteiger charge is -2.13. The second-order valence-electron chi connectivity index (χ2n) is 6.55. The van der Waals surface area contributed by atoms with Crippen LogP contribution in [0.1, 0.15) is 11.7 Å². The molecule has 0 radical (unpaired) electrons. The molecule has 0 spiro atoms. The average molecular weight is 428 g/mol. The number of benzene rings is 3. The van der Waals surface area contributed by atoms with Gasteiger partial charge in [0, 0.05) is 18.1 Å². The van der Waals surface area contributed by atoms with Crippen molar-refractivity contribution >= 4 is 17.8 Å². The molecule has 3 aromatic rings. The fourth-order valence-corrected chi connectivity index (χ4v) is 3.12. The van der Waals surface area contributed by atoms with Gasteiger partial charge in [0.25, 0.3) is 0 Å². The highest BCUT2D eigenvalue weighted by Gasteiger charge is 2.08. The van der Waals surface area contributed by atoms with Crippen molar-refractivity contribution in [2.45, 2.75) is 6.10 Å². The molecular formula is C23H22ClNO5. The topological polar surface area (TPSA) is 88.0 Å². The second-order valence-corrected chi connectivity index (χ2v) is 6.98. The van der Waals surface area contributed by atoms with Crippen molar-refractivity contribution in [1.82, 2.24) is 5.32 Å². The number of aliphatic hydroxyl groups excluding tert-OH is 1.